The predicted octanol–water partition coefficient (Wildman–Crippen LogP) is 3.71. The lowest BCUT2D eigenvalue weighted by molar-refractivity contribution is -0.123. The Morgan fingerprint density at radius 2 is 2.04 bits per heavy atom. The van der Waals surface area contributed by atoms with E-state index in [0.29, 0.717) is 17.7 Å². The Kier molecular flexibility index (Phi) is 4.04. The number of ether oxygens (including phenoxy) is 1. The van der Waals surface area contributed by atoms with E-state index in [2.05, 4.69) is 11.1 Å². The van der Waals surface area contributed by atoms with Gasteiger partial charge in [-0.15, -0.1) is 0 Å². The largest absolute Gasteiger partial charge is 0.439 e. The topological polar surface area (TPSA) is 76.1 Å². The molecule has 0 N–H and O–H groups in total. The van der Waals surface area contributed by atoms with E-state index in [9.17, 15) is 10.1 Å². The standard InChI is InChI=1S/C20H16N2O3/c21-12-15(20-22-16-7-3-4-8-18(16)25-20)17(23)11-19-14-6-2-1-5-13(14)9-10-24-19/h1-8,15,19H,9-11H2/t15-,19-/m0/s1. The Morgan fingerprint density at radius 1 is 1.24 bits per heavy atom. The van der Waals surface area contributed by atoms with Crippen LogP contribution in [0.25, 0.3) is 11.1 Å². The lowest BCUT2D eigenvalue weighted by Crippen LogP contribution is -2.21. The number of carbonyl (C=O) groups excluding carboxylic acids is 1. The van der Waals surface area contributed by atoms with E-state index in [0.717, 1.165) is 12.0 Å². The predicted molar refractivity (Wildman–Crippen MR) is 90.8 cm³/mol. The highest BCUT2D eigenvalue weighted by molar-refractivity contribution is 5.88. The molecule has 0 radical (unpaired) electrons. The highest BCUT2D eigenvalue weighted by Crippen LogP contribution is 2.32. The van der Waals surface area contributed by atoms with E-state index in [1.807, 2.05) is 36.4 Å². The molecule has 25 heavy (non-hydrogen) atoms. The first-order valence-electron chi connectivity index (χ1n) is 8.23. The summed E-state index contributed by atoms with van der Waals surface area (Å²) in [5.74, 6) is -1.11. The maximum Gasteiger partial charge on any atom is 0.220 e. The van der Waals surface area contributed by atoms with E-state index >= 15 is 0 Å². The second-order valence-electron chi connectivity index (χ2n) is 6.06. The number of aromatic nitrogens is 1. The van der Waals surface area contributed by atoms with Crippen molar-refractivity contribution in [2.45, 2.75) is 24.9 Å². The van der Waals surface area contributed by atoms with Crippen LogP contribution in [0.1, 0.15) is 35.5 Å². The molecular formula is C20H16N2O3. The van der Waals surface area contributed by atoms with Gasteiger partial charge in [0.25, 0.3) is 0 Å². The minimum absolute atomic E-state index is 0.133. The van der Waals surface area contributed by atoms with Crippen molar-refractivity contribution in [2.24, 2.45) is 0 Å². The van der Waals surface area contributed by atoms with Crippen LogP contribution in [-0.2, 0) is 16.0 Å². The maximum atomic E-state index is 12.7. The Balaban J connectivity index is 1.58. The number of carbonyl (C=O) groups is 1. The molecule has 3 aromatic rings. The quantitative estimate of drug-likeness (QED) is 0.728. The second-order valence-corrected chi connectivity index (χ2v) is 6.06. The number of benzene rings is 2. The van der Waals surface area contributed by atoms with Crippen LogP contribution in [0.15, 0.2) is 52.9 Å². The number of hydrogen-bond donors (Lipinski definition) is 0. The number of nitriles is 1. The highest BCUT2D eigenvalue weighted by atomic mass is 16.5. The number of oxazole rings is 1. The molecule has 0 saturated carbocycles. The molecule has 1 aromatic heterocycles. The summed E-state index contributed by atoms with van der Waals surface area (Å²) in [6.45, 7) is 0.578. The van der Waals surface area contributed by atoms with Crippen LogP contribution in [-0.4, -0.2) is 17.4 Å². The molecule has 0 saturated heterocycles. The van der Waals surface area contributed by atoms with Crippen molar-refractivity contribution in [1.82, 2.24) is 4.98 Å². The van der Waals surface area contributed by atoms with Crippen LogP contribution in [0, 0.1) is 11.3 Å². The molecule has 0 spiro atoms. The fraction of sp³-hybridized carbons (Fsp3) is 0.250. The molecule has 2 aromatic carbocycles. The molecule has 2 heterocycles. The lowest BCUT2D eigenvalue weighted by Gasteiger charge is -2.25. The molecule has 5 nitrogen and oxygen atoms in total. The lowest BCUT2D eigenvalue weighted by atomic mass is 9.91. The van der Waals surface area contributed by atoms with Gasteiger partial charge >= 0.3 is 0 Å². The monoisotopic (exact) mass is 332 g/mol. The first kappa shape index (κ1) is 15.6. The van der Waals surface area contributed by atoms with Crippen LogP contribution in [0.4, 0.5) is 0 Å². The zero-order valence-electron chi connectivity index (χ0n) is 13.5. The SMILES string of the molecule is N#C[C@@H](C(=O)C[C@@H]1OCCc2ccccc21)c1nc2ccccc2o1. The van der Waals surface area contributed by atoms with E-state index in [1.54, 1.807) is 12.1 Å². The van der Waals surface area contributed by atoms with Crippen molar-refractivity contribution in [3.8, 4) is 6.07 Å². The summed E-state index contributed by atoms with van der Waals surface area (Å²) in [4.78, 5) is 17.0. The maximum absolute atomic E-state index is 12.7. The van der Waals surface area contributed by atoms with E-state index < -0.39 is 5.92 Å². The van der Waals surface area contributed by atoms with Crippen molar-refractivity contribution < 1.29 is 13.9 Å². The molecule has 5 heteroatoms. The molecule has 0 aliphatic carbocycles. The molecule has 124 valence electrons. The average molecular weight is 332 g/mol. The van der Waals surface area contributed by atoms with Crippen LogP contribution >= 0.6 is 0 Å². The van der Waals surface area contributed by atoms with Gasteiger partial charge in [0, 0.05) is 6.42 Å². The van der Waals surface area contributed by atoms with Crippen LogP contribution < -0.4 is 0 Å². The van der Waals surface area contributed by atoms with Crippen LogP contribution in [0.2, 0.25) is 0 Å². The molecule has 0 fully saturated rings. The third kappa shape index (κ3) is 2.92. The van der Waals surface area contributed by atoms with Crippen LogP contribution in [0.5, 0.6) is 0 Å². The number of para-hydroxylation sites is 2. The van der Waals surface area contributed by atoms with E-state index in [-0.39, 0.29) is 24.2 Å². The van der Waals surface area contributed by atoms with Crippen molar-refractivity contribution >= 4 is 16.9 Å². The first-order valence-corrected chi connectivity index (χ1v) is 8.23. The Bertz CT molecular complexity index is 937. The molecule has 1 aliphatic heterocycles. The smallest absolute Gasteiger partial charge is 0.220 e. The molecule has 0 amide bonds. The normalized spacial score (nSPS) is 17.6. The van der Waals surface area contributed by atoms with Crippen molar-refractivity contribution in [3.05, 3.63) is 65.5 Å². The zero-order chi connectivity index (χ0) is 17.2. The first-order chi connectivity index (χ1) is 12.3. The number of rotatable bonds is 4. The van der Waals surface area contributed by atoms with Gasteiger partial charge in [-0.25, -0.2) is 4.98 Å². The summed E-state index contributed by atoms with van der Waals surface area (Å²) in [7, 11) is 0. The molecule has 2 atom stereocenters. The van der Waals surface area contributed by atoms with Crippen molar-refractivity contribution in [1.29, 1.82) is 5.26 Å². The van der Waals surface area contributed by atoms with Crippen LogP contribution in [0.3, 0.4) is 0 Å². The Hall–Kier alpha value is -2.97. The minimum atomic E-state index is -1.02. The van der Waals surface area contributed by atoms with Gasteiger partial charge in [-0.1, -0.05) is 36.4 Å². The molecule has 0 bridgehead atoms. The van der Waals surface area contributed by atoms with Gasteiger partial charge in [-0.2, -0.15) is 5.26 Å². The van der Waals surface area contributed by atoms with Gasteiger partial charge in [0.1, 0.15) is 5.52 Å². The number of fused-ring (bicyclic) bond motifs is 2. The van der Waals surface area contributed by atoms with E-state index in [4.69, 9.17) is 9.15 Å². The van der Waals surface area contributed by atoms with Gasteiger partial charge in [-0.3, -0.25) is 4.79 Å². The van der Waals surface area contributed by atoms with Gasteiger partial charge in [0.05, 0.1) is 18.8 Å². The molecular weight excluding hydrogens is 316 g/mol. The minimum Gasteiger partial charge on any atom is -0.439 e. The fourth-order valence-corrected chi connectivity index (χ4v) is 3.22. The van der Waals surface area contributed by atoms with Gasteiger partial charge in [0.2, 0.25) is 5.89 Å². The summed E-state index contributed by atoms with van der Waals surface area (Å²) in [5, 5.41) is 9.49. The Morgan fingerprint density at radius 3 is 2.88 bits per heavy atom. The average Bonchev–Trinajstić information content (AvgIpc) is 3.06. The summed E-state index contributed by atoms with van der Waals surface area (Å²) < 4.78 is 11.4. The second kappa shape index (κ2) is 6.50. The third-order valence-corrected chi connectivity index (χ3v) is 4.49. The fourth-order valence-electron chi connectivity index (χ4n) is 3.22. The number of Topliss-reactive ketones (excluding diaryl/α,β-unsaturated/α-hetero) is 1. The molecule has 4 rings (SSSR count). The Labute approximate surface area is 144 Å². The third-order valence-electron chi connectivity index (χ3n) is 4.49. The highest BCUT2D eigenvalue weighted by Gasteiger charge is 2.30. The van der Waals surface area contributed by atoms with E-state index in [1.165, 1.54) is 5.56 Å². The van der Waals surface area contributed by atoms with Gasteiger partial charge < -0.3 is 9.15 Å². The summed E-state index contributed by atoms with van der Waals surface area (Å²) in [6.07, 6.45) is 0.652. The van der Waals surface area contributed by atoms with Gasteiger partial charge in [-0.05, 0) is 29.7 Å². The molecule has 0 unspecified atom stereocenters. The van der Waals surface area contributed by atoms with Gasteiger partial charge in [0.15, 0.2) is 17.3 Å². The summed E-state index contributed by atoms with van der Waals surface area (Å²) in [5.41, 5.74) is 3.44. The number of ketones is 1. The summed E-state index contributed by atoms with van der Waals surface area (Å²) in [6, 6.07) is 17.2. The number of nitrogens with zero attached hydrogens (tertiary/aromatic N) is 2. The van der Waals surface area contributed by atoms with Crippen molar-refractivity contribution in [3.63, 3.8) is 0 Å². The molecule has 1 aliphatic rings. The summed E-state index contributed by atoms with van der Waals surface area (Å²) >= 11 is 0. The van der Waals surface area contributed by atoms with Crippen molar-refractivity contribution in [2.75, 3.05) is 6.61 Å². The number of hydrogen-bond acceptors (Lipinski definition) is 5. The zero-order valence-corrected chi connectivity index (χ0v) is 13.5.